The van der Waals surface area contributed by atoms with Crippen molar-refractivity contribution in [1.29, 1.82) is 0 Å². The van der Waals surface area contributed by atoms with E-state index in [9.17, 15) is 14.4 Å². The summed E-state index contributed by atoms with van der Waals surface area (Å²) in [6, 6.07) is 6.83. The smallest absolute Gasteiger partial charge is 0.331 e. The average molecular weight is 458 g/mol. The predicted octanol–water partition coefficient (Wildman–Crippen LogP) is 1.89. The molecular formula is C22H27N5O4S. The summed E-state index contributed by atoms with van der Waals surface area (Å²) in [6.45, 7) is 8.25. The molecule has 1 amide bonds. The van der Waals surface area contributed by atoms with Crippen LogP contribution in [0.5, 0.6) is 0 Å². The van der Waals surface area contributed by atoms with Crippen molar-refractivity contribution in [2.75, 3.05) is 18.4 Å². The van der Waals surface area contributed by atoms with Crippen LogP contribution in [-0.4, -0.2) is 50.2 Å². The zero-order chi connectivity index (χ0) is 22.8. The molecule has 3 aromatic rings. The molecular weight excluding hydrogens is 430 g/mol. The van der Waals surface area contributed by atoms with E-state index in [0.717, 1.165) is 23.4 Å². The lowest BCUT2D eigenvalue weighted by atomic mass is 10.2. The Labute approximate surface area is 189 Å². The van der Waals surface area contributed by atoms with Crippen LogP contribution >= 0.6 is 11.3 Å². The number of fused-ring (bicyclic) bond motifs is 1. The van der Waals surface area contributed by atoms with E-state index in [2.05, 4.69) is 29.0 Å². The van der Waals surface area contributed by atoms with Crippen molar-refractivity contribution < 1.29 is 9.53 Å². The second kappa shape index (κ2) is 9.35. The largest absolute Gasteiger partial charge is 0.373 e. The van der Waals surface area contributed by atoms with Gasteiger partial charge in [0, 0.05) is 31.6 Å². The van der Waals surface area contributed by atoms with Gasteiger partial charge in [0.05, 0.1) is 28.8 Å². The number of nitrogens with zero attached hydrogens (tertiary/aromatic N) is 4. The van der Waals surface area contributed by atoms with Crippen molar-refractivity contribution >= 4 is 33.3 Å². The molecule has 1 saturated heterocycles. The zero-order valence-corrected chi connectivity index (χ0v) is 19.2. The van der Waals surface area contributed by atoms with Gasteiger partial charge >= 0.3 is 5.69 Å². The van der Waals surface area contributed by atoms with Crippen LogP contribution in [0.1, 0.15) is 26.5 Å². The van der Waals surface area contributed by atoms with Crippen LogP contribution in [0.15, 0.2) is 39.2 Å². The van der Waals surface area contributed by atoms with Crippen LogP contribution in [0.2, 0.25) is 0 Å². The van der Waals surface area contributed by atoms with Gasteiger partial charge in [-0.15, -0.1) is 11.3 Å². The van der Waals surface area contributed by atoms with Gasteiger partial charge in [-0.2, -0.15) is 0 Å². The van der Waals surface area contributed by atoms with E-state index < -0.39 is 5.69 Å². The highest BCUT2D eigenvalue weighted by molar-refractivity contribution is 7.13. The van der Waals surface area contributed by atoms with E-state index in [1.54, 1.807) is 31.2 Å². The van der Waals surface area contributed by atoms with Crippen LogP contribution in [0.4, 0.5) is 5.13 Å². The van der Waals surface area contributed by atoms with Crippen molar-refractivity contribution in [2.45, 2.75) is 52.6 Å². The molecule has 0 bridgehead atoms. The summed E-state index contributed by atoms with van der Waals surface area (Å²) in [4.78, 5) is 44.9. The van der Waals surface area contributed by atoms with Gasteiger partial charge < -0.3 is 10.1 Å². The molecule has 1 N–H and O–H groups in total. The summed E-state index contributed by atoms with van der Waals surface area (Å²) in [5, 5.41) is 5.61. The Morgan fingerprint density at radius 2 is 1.91 bits per heavy atom. The standard InChI is InChI=1S/C22H27N5O4S/c1-4-26-20(29)17-7-5-6-8-18(17)27(22(26)30)12-19(28)24-21-23-16(13-32-21)11-25-9-14(2)31-15(3)10-25/h5-8,13-15H,4,9-12H2,1-3H3,(H,23,24,28). The molecule has 2 aromatic heterocycles. The number of hydrogen-bond donors (Lipinski definition) is 1. The first-order valence-electron chi connectivity index (χ1n) is 10.7. The van der Waals surface area contributed by atoms with E-state index in [1.807, 2.05) is 5.38 Å². The molecule has 0 aliphatic carbocycles. The molecule has 10 heteroatoms. The van der Waals surface area contributed by atoms with E-state index in [4.69, 9.17) is 4.74 Å². The van der Waals surface area contributed by atoms with Gasteiger partial charge in [-0.1, -0.05) is 12.1 Å². The number of para-hydroxylation sites is 1. The number of hydrogen-bond acceptors (Lipinski definition) is 7. The summed E-state index contributed by atoms with van der Waals surface area (Å²) in [5.74, 6) is -0.368. The number of aromatic nitrogens is 3. The van der Waals surface area contributed by atoms with Crippen molar-refractivity contribution in [3.63, 3.8) is 0 Å². The monoisotopic (exact) mass is 457 g/mol. The quantitative estimate of drug-likeness (QED) is 0.607. The lowest BCUT2D eigenvalue weighted by molar-refractivity contribution is -0.116. The molecule has 1 aliphatic heterocycles. The molecule has 170 valence electrons. The Morgan fingerprint density at radius 1 is 1.19 bits per heavy atom. The summed E-state index contributed by atoms with van der Waals surface area (Å²) >= 11 is 1.35. The number of carbonyl (C=O) groups excluding carboxylic acids is 1. The maximum atomic E-state index is 12.8. The fourth-order valence-corrected chi connectivity index (χ4v) is 4.90. The van der Waals surface area contributed by atoms with Crippen LogP contribution in [0.3, 0.4) is 0 Å². The number of nitrogens with one attached hydrogen (secondary N) is 1. The highest BCUT2D eigenvalue weighted by Gasteiger charge is 2.23. The molecule has 1 aliphatic rings. The molecule has 0 saturated carbocycles. The first-order chi connectivity index (χ1) is 15.4. The normalized spacial score (nSPS) is 19.3. The minimum Gasteiger partial charge on any atom is -0.373 e. The fraction of sp³-hybridized carbons (Fsp3) is 0.455. The van der Waals surface area contributed by atoms with E-state index in [0.29, 0.717) is 22.6 Å². The summed E-state index contributed by atoms with van der Waals surface area (Å²) < 4.78 is 8.24. The Bertz CT molecular complexity index is 1240. The molecule has 4 rings (SSSR count). The average Bonchev–Trinajstić information content (AvgIpc) is 3.17. The maximum absolute atomic E-state index is 12.8. The van der Waals surface area contributed by atoms with E-state index >= 15 is 0 Å². The summed E-state index contributed by atoms with van der Waals surface area (Å²) in [5.41, 5.74) is 0.481. The molecule has 2 unspecified atom stereocenters. The minimum absolute atomic E-state index is 0.177. The Morgan fingerprint density at radius 3 is 2.62 bits per heavy atom. The topological polar surface area (TPSA) is 98.5 Å². The Hall–Kier alpha value is -2.82. The van der Waals surface area contributed by atoms with Crippen LogP contribution in [0.25, 0.3) is 10.9 Å². The van der Waals surface area contributed by atoms with Crippen LogP contribution in [-0.2, 0) is 29.2 Å². The molecule has 9 nitrogen and oxygen atoms in total. The van der Waals surface area contributed by atoms with Crippen molar-refractivity contribution in [3.8, 4) is 0 Å². The highest BCUT2D eigenvalue weighted by atomic mass is 32.1. The molecule has 0 radical (unpaired) electrons. The maximum Gasteiger partial charge on any atom is 0.331 e. The fourth-order valence-electron chi connectivity index (χ4n) is 4.18. The van der Waals surface area contributed by atoms with Gasteiger partial charge in [0.1, 0.15) is 6.54 Å². The van der Waals surface area contributed by atoms with Gasteiger partial charge in [0.2, 0.25) is 5.91 Å². The number of thiazole rings is 1. The number of morpholine rings is 1. The number of rotatable bonds is 6. The van der Waals surface area contributed by atoms with Crippen molar-refractivity contribution in [2.24, 2.45) is 0 Å². The van der Waals surface area contributed by atoms with Crippen LogP contribution < -0.4 is 16.6 Å². The van der Waals surface area contributed by atoms with Gasteiger partial charge in [-0.05, 0) is 32.9 Å². The van der Waals surface area contributed by atoms with Gasteiger partial charge in [-0.25, -0.2) is 9.78 Å². The summed E-state index contributed by atoms with van der Waals surface area (Å²) in [7, 11) is 0. The second-order valence-corrected chi connectivity index (χ2v) is 8.94. The third-order valence-corrected chi connectivity index (χ3v) is 6.24. The number of carbonyl (C=O) groups is 1. The van der Waals surface area contributed by atoms with Gasteiger partial charge in [0.25, 0.3) is 5.56 Å². The predicted molar refractivity (Wildman–Crippen MR) is 124 cm³/mol. The highest BCUT2D eigenvalue weighted by Crippen LogP contribution is 2.19. The first-order valence-corrected chi connectivity index (χ1v) is 11.6. The molecule has 2 atom stereocenters. The number of amides is 1. The van der Waals surface area contributed by atoms with E-state index in [1.165, 1.54) is 15.9 Å². The van der Waals surface area contributed by atoms with Gasteiger partial charge in [0.15, 0.2) is 5.13 Å². The number of ether oxygens (including phenoxy) is 1. The molecule has 3 heterocycles. The van der Waals surface area contributed by atoms with Crippen molar-refractivity contribution in [1.82, 2.24) is 19.0 Å². The third-order valence-electron chi connectivity index (χ3n) is 5.43. The number of benzene rings is 1. The Balaban J connectivity index is 1.49. The lowest BCUT2D eigenvalue weighted by Gasteiger charge is -2.34. The summed E-state index contributed by atoms with van der Waals surface area (Å²) in [6.07, 6.45) is 0.354. The lowest BCUT2D eigenvalue weighted by Crippen LogP contribution is -2.44. The third kappa shape index (κ3) is 4.67. The second-order valence-electron chi connectivity index (χ2n) is 8.08. The molecule has 1 aromatic carbocycles. The number of anilines is 1. The Kier molecular flexibility index (Phi) is 6.54. The molecule has 32 heavy (non-hydrogen) atoms. The molecule has 0 spiro atoms. The SMILES string of the molecule is CCn1c(=O)c2ccccc2n(CC(=O)Nc2nc(CN3CC(C)OC(C)C3)cs2)c1=O. The minimum atomic E-state index is -0.498. The van der Waals surface area contributed by atoms with E-state index in [-0.39, 0.29) is 36.8 Å². The van der Waals surface area contributed by atoms with Gasteiger partial charge in [-0.3, -0.25) is 23.6 Å². The molecule has 1 fully saturated rings. The zero-order valence-electron chi connectivity index (χ0n) is 18.4. The van der Waals surface area contributed by atoms with Crippen molar-refractivity contribution in [3.05, 3.63) is 56.2 Å². The first kappa shape index (κ1) is 22.4. The van der Waals surface area contributed by atoms with Crippen LogP contribution in [0, 0.1) is 0 Å².